The number of aldehydes is 1. The first-order valence-corrected chi connectivity index (χ1v) is 16.0. The van der Waals surface area contributed by atoms with Crippen molar-refractivity contribution >= 4 is 46.7 Å². The smallest absolute Gasteiger partial charge is 0.245 e. The highest BCUT2D eigenvalue weighted by Gasteiger charge is 2.34. The zero-order valence-corrected chi connectivity index (χ0v) is 26.8. The molecule has 5 atom stereocenters. The number of benzene rings is 2. The molecule has 5 amide bonds. The summed E-state index contributed by atoms with van der Waals surface area (Å²) in [4.78, 5) is 87.3. The molecule has 0 bridgehead atoms. The lowest BCUT2D eigenvalue weighted by Crippen LogP contribution is -2.59. The van der Waals surface area contributed by atoms with E-state index in [1.807, 2.05) is 24.3 Å². The number of nitrogens with one attached hydrogen (secondary N) is 7. The molecule has 0 unspecified atom stereocenters. The number of hydrogen-bond acceptors (Lipinski definition) is 9. The molecule has 0 aliphatic carbocycles. The van der Waals surface area contributed by atoms with Crippen molar-refractivity contribution in [2.45, 2.75) is 62.3 Å². The Morgan fingerprint density at radius 2 is 1.58 bits per heavy atom. The number of amides is 5. The van der Waals surface area contributed by atoms with Crippen molar-refractivity contribution in [1.82, 2.24) is 41.5 Å². The fraction of sp³-hybridized carbons (Fsp3) is 0.324. The Morgan fingerprint density at radius 3 is 2.24 bits per heavy atom. The van der Waals surface area contributed by atoms with Crippen molar-refractivity contribution in [1.29, 1.82) is 0 Å². The minimum absolute atomic E-state index is 0.0184. The number of H-pyrrole nitrogens is 2. The summed E-state index contributed by atoms with van der Waals surface area (Å²) in [5.74, 6) is -3.18. The summed E-state index contributed by atoms with van der Waals surface area (Å²) in [6.07, 6.45) is 5.58. The number of aromatic hydroxyl groups is 1. The van der Waals surface area contributed by atoms with E-state index in [4.69, 9.17) is 0 Å². The molecule has 0 saturated carbocycles. The molecule has 2 aromatic carbocycles. The summed E-state index contributed by atoms with van der Waals surface area (Å²) in [6.45, 7) is -0.818. The molecule has 2 aromatic heterocycles. The van der Waals surface area contributed by atoms with Gasteiger partial charge in [-0.25, -0.2) is 4.98 Å². The molecule has 262 valence electrons. The zero-order valence-electron chi connectivity index (χ0n) is 26.8. The molecule has 1 fully saturated rings. The normalized spacial score (nSPS) is 16.4. The lowest BCUT2D eigenvalue weighted by atomic mass is 10.0. The van der Waals surface area contributed by atoms with Crippen LogP contribution in [-0.4, -0.2) is 97.8 Å². The average molecular weight is 687 g/mol. The van der Waals surface area contributed by atoms with Crippen molar-refractivity contribution in [3.05, 3.63) is 84.1 Å². The molecule has 16 heteroatoms. The second kappa shape index (κ2) is 16.4. The Labute approximate surface area is 285 Å². The third kappa shape index (κ3) is 9.10. The number of para-hydroxylation sites is 1. The van der Waals surface area contributed by atoms with Gasteiger partial charge in [-0.1, -0.05) is 30.3 Å². The number of fused-ring (bicyclic) bond motifs is 1. The zero-order chi connectivity index (χ0) is 35.6. The quantitative estimate of drug-likeness (QED) is 0.0658. The van der Waals surface area contributed by atoms with Gasteiger partial charge in [0, 0.05) is 48.3 Å². The maximum absolute atomic E-state index is 13.8. The van der Waals surface area contributed by atoms with Crippen LogP contribution in [0.1, 0.15) is 29.7 Å². The molecule has 0 spiro atoms. The molecule has 5 rings (SSSR count). The first-order valence-electron chi connectivity index (χ1n) is 16.0. The van der Waals surface area contributed by atoms with Gasteiger partial charge >= 0.3 is 0 Å². The van der Waals surface area contributed by atoms with E-state index < -0.39 is 60.4 Å². The maximum atomic E-state index is 13.8. The number of imidazole rings is 1. The molecule has 1 aliphatic heterocycles. The van der Waals surface area contributed by atoms with Crippen LogP contribution < -0.4 is 26.6 Å². The SMILES string of the molecule is O=C[C@H](Cc1ccc(O)cc1)NC(=O)[C@H](CO)NC(=O)[C@H](Cc1c[nH]c2ccccc12)NC(=O)[C@H](Cc1cnc[nH]1)NC(=O)[C@@H]1CCC(=O)N1. The van der Waals surface area contributed by atoms with Gasteiger partial charge in [0.05, 0.1) is 19.0 Å². The molecule has 16 nitrogen and oxygen atoms in total. The van der Waals surface area contributed by atoms with Gasteiger partial charge in [0.1, 0.15) is 36.2 Å². The van der Waals surface area contributed by atoms with Gasteiger partial charge in [-0.3, -0.25) is 24.0 Å². The fourth-order valence-corrected chi connectivity index (χ4v) is 5.68. The lowest BCUT2D eigenvalue weighted by Gasteiger charge is -2.26. The van der Waals surface area contributed by atoms with E-state index in [0.29, 0.717) is 23.1 Å². The van der Waals surface area contributed by atoms with Crippen LogP contribution >= 0.6 is 0 Å². The van der Waals surface area contributed by atoms with E-state index >= 15 is 0 Å². The molecule has 0 radical (unpaired) electrons. The van der Waals surface area contributed by atoms with Gasteiger partial charge in [0.15, 0.2) is 0 Å². The number of aliphatic hydroxyl groups excluding tert-OH is 1. The van der Waals surface area contributed by atoms with Gasteiger partial charge in [-0.05, 0) is 42.2 Å². The van der Waals surface area contributed by atoms with Gasteiger partial charge in [-0.2, -0.15) is 0 Å². The predicted octanol–water partition coefficient (Wildman–Crippen LogP) is -0.966. The number of phenols is 1. The number of aliphatic hydroxyl groups is 1. The van der Waals surface area contributed by atoms with Crippen molar-refractivity contribution in [2.75, 3.05) is 6.61 Å². The third-order valence-electron chi connectivity index (χ3n) is 8.36. The van der Waals surface area contributed by atoms with Crippen molar-refractivity contribution in [3.8, 4) is 5.75 Å². The third-order valence-corrected chi connectivity index (χ3v) is 8.36. The number of rotatable bonds is 16. The number of aromatic nitrogens is 3. The number of carbonyl (C=O) groups is 6. The molecule has 1 saturated heterocycles. The first kappa shape index (κ1) is 35.3. The topological polar surface area (TPSA) is 247 Å². The second-order valence-corrected chi connectivity index (χ2v) is 12.0. The summed E-state index contributed by atoms with van der Waals surface area (Å²) in [6, 6.07) is 7.60. The Hall–Kier alpha value is -6.03. The van der Waals surface area contributed by atoms with E-state index in [2.05, 4.69) is 41.5 Å². The van der Waals surface area contributed by atoms with Gasteiger partial charge in [0.25, 0.3) is 0 Å². The molecule has 3 heterocycles. The maximum Gasteiger partial charge on any atom is 0.245 e. The molecular formula is C34H38N8O8. The summed E-state index contributed by atoms with van der Waals surface area (Å²) in [5, 5.41) is 33.3. The lowest BCUT2D eigenvalue weighted by molar-refractivity contribution is -0.134. The monoisotopic (exact) mass is 686 g/mol. The largest absolute Gasteiger partial charge is 0.508 e. The van der Waals surface area contributed by atoms with Crippen LogP contribution in [0, 0.1) is 0 Å². The summed E-state index contributed by atoms with van der Waals surface area (Å²) < 4.78 is 0. The van der Waals surface area contributed by atoms with Crippen LogP contribution in [0.25, 0.3) is 10.9 Å². The number of nitrogens with zero attached hydrogens (tertiary/aromatic N) is 1. The molecule has 1 aliphatic rings. The van der Waals surface area contributed by atoms with Crippen LogP contribution in [0.2, 0.25) is 0 Å². The average Bonchev–Trinajstić information content (AvgIpc) is 3.89. The molecular weight excluding hydrogens is 648 g/mol. The number of phenolic OH excluding ortho intramolecular Hbond substituents is 1. The van der Waals surface area contributed by atoms with Crippen molar-refractivity contribution < 1.29 is 39.0 Å². The van der Waals surface area contributed by atoms with Crippen molar-refractivity contribution in [2.24, 2.45) is 0 Å². The van der Waals surface area contributed by atoms with Gasteiger partial charge in [0.2, 0.25) is 29.5 Å². The Kier molecular flexibility index (Phi) is 11.6. The van der Waals surface area contributed by atoms with Crippen LogP contribution in [0.4, 0.5) is 0 Å². The van der Waals surface area contributed by atoms with Crippen LogP contribution in [0.15, 0.2) is 67.3 Å². The second-order valence-electron chi connectivity index (χ2n) is 12.0. The Bertz CT molecular complexity index is 1820. The van der Waals surface area contributed by atoms with E-state index in [1.54, 1.807) is 18.3 Å². The van der Waals surface area contributed by atoms with Crippen LogP contribution in [0.5, 0.6) is 5.75 Å². The molecule has 4 aromatic rings. The van der Waals surface area contributed by atoms with Gasteiger partial charge < -0.3 is 51.6 Å². The van der Waals surface area contributed by atoms with E-state index in [0.717, 1.165) is 10.9 Å². The number of hydrogen-bond donors (Lipinski definition) is 9. The van der Waals surface area contributed by atoms with Crippen LogP contribution in [0.3, 0.4) is 0 Å². The first-order chi connectivity index (χ1) is 24.1. The van der Waals surface area contributed by atoms with Crippen molar-refractivity contribution in [3.63, 3.8) is 0 Å². The molecule has 9 N–H and O–H groups in total. The number of aromatic amines is 2. The summed E-state index contributed by atoms with van der Waals surface area (Å²) in [5.41, 5.74) is 2.63. The van der Waals surface area contributed by atoms with Crippen LogP contribution in [-0.2, 0) is 48.0 Å². The van der Waals surface area contributed by atoms with Gasteiger partial charge in [-0.15, -0.1) is 0 Å². The molecule has 50 heavy (non-hydrogen) atoms. The Balaban J connectivity index is 1.33. The van der Waals surface area contributed by atoms with E-state index in [1.165, 1.54) is 24.7 Å². The summed E-state index contributed by atoms with van der Waals surface area (Å²) >= 11 is 0. The fourth-order valence-electron chi connectivity index (χ4n) is 5.68. The predicted molar refractivity (Wildman–Crippen MR) is 178 cm³/mol. The number of carbonyl (C=O) groups excluding carboxylic acids is 6. The summed E-state index contributed by atoms with van der Waals surface area (Å²) in [7, 11) is 0. The minimum atomic E-state index is -1.49. The Morgan fingerprint density at radius 1 is 0.880 bits per heavy atom. The highest BCUT2D eigenvalue weighted by atomic mass is 16.3. The van der Waals surface area contributed by atoms with E-state index in [-0.39, 0.29) is 43.8 Å². The van der Waals surface area contributed by atoms with E-state index in [9.17, 15) is 39.0 Å². The highest BCUT2D eigenvalue weighted by molar-refractivity contribution is 5.97. The standard InChI is InChI=1S/C34H38N8O8/c43-16-22(11-19-5-7-23(45)8-6-19)38-34(50)29(17-44)42-32(48)27(12-20-14-36-25-4-2-1-3-24(20)25)40-33(49)28(13-21-15-35-18-37-21)41-31(47)26-9-10-30(46)39-26/h1-8,14-16,18,22,26-29,36,44-45H,9-13,17H2,(H,35,37)(H,38,50)(H,39,46)(H,40,49)(H,41,47)(H,42,48)/t22-,26-,27-,28-,29-/m0/s1. The highest BCUT2D eigenvalue weighted by Crippen LogP contribution is 2.20. The minimum Gasteiger partial charge on any atom is -0.508 e.